The van der Waals surface area contributed by atoms with E-state index in [1.165, 1.54) is 0 Å². The first-order valence-electron chi connectivity index (χ1n) is 11.0. The van der Waals surface area contributed by atoms with E-state index in [4.69, 9.17) is 0 Å². The van der Waals surface area contributed by atoms with Gasteiger partial charge in [0.05, 0.1) is 17.9 Å². The second-order valence-electron chi connectivity index (χ2n) is 8.31. The van der Waals surface area contributed by atoms with Crippen LogP contribution >= 0.6 is 0 Å². The van der Waals surface area contributed by atoms with Crippen LogP contribution in [0, 0.1) is 5.92 Å². The molecular weight excluding hydrogens is 416 g/mol. The lowest BCUT2D eigenvalue weighted by Gasteiger charge is -2.31. The predicted molar refractivity (Wildman–Crippen MR) is 125 cm³/mol. The van der Waals surface area contributed by atoms with E-state index in [-0.39, 0.29) is 17.7 Å². The zero-order valence-electron chi connectivity index (χ0n) is 18.3. The Kier molecular flexibility index (Phi) is 5.56. The number of rotatable bonds is 4. The molecule has 0 radical (unpaired) electrons. The number of likely N-dealkylation sites (tertiary alicyclic amines) is 1. The summed E-state index contributed by atoms with van der Waals surface area (Å²) < 4.78 is 1.75. The number of carbonyl (C=O) groups excluding carboxylic acids is 2. The molecule has 1 aliphatic rings. The van der Waals surface area contributed by atoms with E-state index in [2.05, 4.69) is 20.4 Å². The Morgan fingerprint density at radius 1 is 0.970 bits per heavy atom. The van der Waals surface area contributed by atoms with Crippen LogP contribution in [-0.4, -0.2) is 49.6 Å². The summed E-state index contributed by atoms with van der Waals surface area (Å²) in [5.41, 5.74) is 3.37. The van der Waals surface area contributed by atoms with Gasteiger partial charge >= 0.3 is 0 Å². The maximum absolute atomic E-state index is 12.9. The Morgan fingerprint density at radius 2 is 1.76 bits per heavy atom. The van der Waals surface area contributed by atoms with Crippen molar-refractivity contribution in [1.29, 1.82) is 0 Å². The van der Waals surface area contributed by atoms with Crippen LogP contribution in [0.2, 0.25) is 0 Å². The molecule has 0 aliphatic carbocycles. The average Bonchev–Trinajstić information content (AvgIpc) is 3.30. The van der Waals surface area contributed by atoms with Gasteiger partial charge in [-0.05, 0) is 37.1 Å². The zero-order valence-corrected chi connectivity index (χ0v) is 18.3. The van der Waals surface area contributed by atoms with Crippen LogP contribution in [-0.2, 0) is 11.8 Å². The summed E-state index contributed by atoms with van der Waals surface area (Å²) in [5, 5.41) is 8.05. The Hall–Kier alpha value is -4.07. The van der Waals surface area contributed by atoms with Crippen LogP contribution < -0.4 is 5.32 Å². The van der Waals surface area contributed by atoms with Gasteiger partial charge in [0.25, 0.3) is 5.91 Å². The van der Waals surface area contributed by atoms with E-state index in [0.29, 0.717) is 37.3 Å². The Balaban J connectivity index is 1.24. The maximum Gasteiger partial charge on any atom is 0.253 e. The van der Waals surface area contributed by atoms with Gasteiger partial charge in [-0.25, -0.2) is 4.98 Å². The minimum atomic E-state index is -0.151. The number of aryl methyl sites for hydroxylation is 1. The number of hydrogen-bond acceptors (Lipinski definition) is 5. The van der Waals surface area contributed by atoms with Crippen molar-refractivity contribution in [2.45, 2.75) is 12.8 Å². The Labute approximate surface area is 191 Å². The third-order valence-electron chi connectivity index (χ3n) is 6.03. The van der Waals surface area contributed by atoms with Crippen LogP contribution in [0.25, 0.3) is 22.0 Å². The van der Waals surface area contributed by atoms with Crippen LogP contribution in [0.1, 0.15) is 23.2 Å². The van der Waals surface area contributed by atoms with E-state index in [1.54, 1.807) is 23.3 Å². The molecule has 8 heteroatoms. The average molecular weight is 441 g/mol. The molecule has 1 fully saturated rings. The van der Waals surface area contributed by atoms with E-state index in [0.717, 1.165) is 22.0 Å². The SMILES string of the molecule is Cn1cc(-c2cnc3cnc(NC(=O)C4CCN(C(=O)c5ccccc5)CC4)cc3c2)cn1. The van der Waals surface area contributed by atoms with Crippen molar-refractivity contribution < 1.29 is 9.59 Å². The van der Waals surface area contributed by atoms with Crippen molar-refractivity contribution in [2.75, 3.05) is 18.4 Å². The van der Waals surface area contributed by atoms with E-state index in [9.17, 15) is 9.59 Å². The maximum atomic E-state index is 12.9. The number of aromatic nitrogens is 4. The lowest BCUT2D eigenvalue weighted by molar-refractivity contribution is -0.121. The molecule has 8 nitrogen and oxygen atoms in total. The molecule has 2 amide bonds. The minimum absolute atomic E-state index is 0.0163. The molecule has 1 aromatic carbocycles. The fourth-order valence-electron chi connectivity index (χ4n) is 4.16. The third kappa shape index (κ3) is 4.45. The summed E-state index contributed by atoms with van der Waals surface area (Å²) in [5.74, 6) is 0.301. The number of hydrogen-bond donors (Lipinski definition) is 1. The molecule has 1 aliphatic heterocycles. The topological polar surface area (TPSA) is 93.0 Å². The largest absolute Gasteiger partial charge is 0.339 e. The molecule has 1 N–H and O–H groups in total. The van der Waals surface area contributed by atoms with Gasteiger partial charge in [-0.3, -0.25) is 19.3 Å². The first-order chi connectivity index (χ1) is 16.1. The van der Waals surface area contributed by atoms with Gasteiger partial charge < -0.3 is 10.2 Å². The molecule has 33 heavy (non-hydrogen) atoms. The van der Waals surface area contributed by atoms with Crippen molar-refractivity contribution in [2.24, 2.45) is 13.0 Å². The molecule has 3 aromatic heterocycles. The number of pyridine rings is 2. The van der Waals surface area contributed by atoms with Crippen molar-refractivity contribution in [3.63, 3.8) is 0 Å². The van der Waals surface area contributed by atoms with Gasteiger partial charge in [-0.1, -0.05) is 18.2 Å². The number of piperidine rings is 1. The predicted octanol–water partition coefficient (Wildman–Crippen LogP) is 3.52. The van der Waals surface area contributed by atoms with Gasteiger partial charge in [0, 0.05) is 60.5 Å². The molecule has 0 atom stereocenters. The third-order valence-corrected chi connectivity index (χ3v) is 6.03. The van der Waals surface area contributed by atoms with Crippen LogP contribution in [0.3, 0.4) is 0 Å². The van der Waals surface area contributed by atoms with Crippen molar-refractivity contribution in [3.05, 3.63) is 72.8 Å². The number of anilines is 1. The lowest BCUT2D eigenvalue weighted by atomic mass is 9.95. The Morgan fingerprint density at radius 3 is 2.48 bits per heavy atom. The van der Waals surface area contributed by atoms with E-state index < -0.39 is 0 Å². The number of carbonyl (C=O) groups is 2. The molecule has 5 rings (SSSR count). The van der Waals surface area contributed by atoms with Crippen LogP contribution in [0.4, 0.5) is 5.82 Å². The number of nitrogens with zero attached hydrogens (tertiary/aromatic N) is 5. The van der Waals surface area contributed by atoms with E-state index >= 15 is 0 Å². The van der Waals surface area contributed by atoms with Gasteiger partial charge in [0.2, 0.25) is 5.91 Å². The van der Waals surface area contributed by atoms with Gasteiger partial charge in [-0.15, -0.1) is 0 Å². The normalized spacial score (nSPS) is 14.4. The molecule has 0 bridgehead atoms. The van der Waals surface area contributed by atoms with Crippen LogP contribution in [0.5, 0.6) is 0 Å². The fourth-order valence-corrected chi connectivity index (χ4v) is 4.16. The first-order valence-corrected chi connectivity index (χ1v) is 11.0. The Bertz CT molecular complexity index is 1310. The molecule has 0 unspecified atom stereocenters. The number of fused-ring (bicyclic) bond motifs is 1. The lowest BCUT2D eigenvalue weighted by Crippen LogP contribution is -2.41. The van der Waals surface area contributed by atoms with Gasteiger partial charge in [0.15, 0.2) is 0 Å². The molecular formula is C25H24N6O2. The van der Waals surface area contributed by atoms with Crippen molar-refractivity contribution in [1.82, 2.24) is 24.6 Å². The smallest absolute Gasteiger partial charge is 0.253 e. The summed E-state index contributed by atoms with van der Waals surface area (Å²) in [6, 6.07) is 13.1. The highest BCUT2D eigenvalue weighted by Gasteiger charge is 2.28. The quantitative estimate of drug-likeness (QED) is 0.524. The monoisotopic (exact) mass is 440 g/mol. The summed E-state index contributed by atoms with van der Waals surface area (Å²) in [4.78, 5) is 36.1. The second kappa shape index (κ2) is 8.82. The standard InChI is InChI=1S/C25H24N6O2/c1-30-16-21(14-28-30)20-11-19-12-23(27-15-22(19)26-13-20)29-24(32)17-7-9-31(10-8-17)25(33)18-5-3-2-4-6-18/h2-6,11-17H,7-10H2,1H3,(H,27,29,32). The minimum Gasteiger partial charge on any atom is -0.339 e. The fraction of sp³-hybridized carbons (Fsp3) is 0.240. The number of benzene rings is 1. The van der Waals surface area contributed by atoms with E-state index in [1.807, 2.05) is 60.6 Å². The highest BCUT2D eigenvalue weighted by Crippen LogP contribution is 2.25. The van der Waals surface area contributed by atoms with Crippen LogP contribution in [0.15, 0.2) is 67.3 Å². The highest BCUT2D eigenvalue weighted by molar-refractivity contribution is 5.96. The first kappa shape index (κ1) is 20.8. The second-order valence-corrected chi connectivity index (χ2v) is 8.31. The van der Waals surface area contributed by atoms with Gasteiger partial charge in [-0.2, -0.15) is 5.10 Å². The molecule has 4 aromatic rings. The molecule has 0 saturated carbocycles. The molecule has 1 saturated heterocycles. The summed E-state index contributed by atoms with van der Waals surface area (Å²) in [6.07, 6.45) is 8.45. The number of nitrogens with one attached hydrogen (secondary N) is 1. The van der Waals surface area contributed by atoms with Crippen molar-refractivity contribution >= 4 is 28.5 Å². The zero-order chi connectivity index (χ0) is 22.8. The number of amides is 2. The summed E-state index contributed by atoms with van der Waals surface area (Å²) in [6.45, 7) is 1.13. The molecule has 4 heterocycles. The van der Waals surface area contributed by atoms with Crippen molar-refractivity contribution in [3.8, 4) is 11.1 Å². The summed E-state index contributed by atoms with van der Waals surface area (Å²) >= 11 is 0. The highest BCUT2D eigenvalue weighted by atomic mass is 16.2. The van der Waals surface area contributed by atoms with Gasteiger partial charge in [0.1, 0.15) is 5.82 Å². The summed E-state index contributed by atoms with van der Waals surface area (Å²) in [7, 11) is 1.87. The molecule has 166 valence electrons. The molecule has 0 spiro atoms.